The molecule has 1 aliphatic rings. The number of aryl methyl sites for hydroxylation is 1. The third-order valence-corrected chi connectivity index (χ3v) is 4.80. The van der Waals surface area contributed by atoms with Gasteiger partial charge in [0, 0.05) is 22.9 Å². The minimum absolute atomic E-state index is 0.000493. The van der Waals surface area contributed by atoms with E-state index in [1.165, 1.54) is 31.0 Å². The quantitative estimate of drug-likeness (QED) is 0.945. The first-order valence-corrected chi connectivity index (χ1v) is 7.96. The highest BCUT2D eigenvalue weighted by atomic mass is 35.5. The maximum Gasteiger partial charge on any atom is 0.196 e. The third kappa shape index (κ3) is 2.85. The van der Waals surface area contributed by atoms with Gasteiger partial charge in [-0.15, -0.1) is 10.2 Å². The van der Waals surface area contributed by atoms with Crippen LogP contribution < -0.4 is 0 Å². The van der Waals surface area contributed by atoms with Crippen LogP contribution in [0.5, 0.6) is 0 Å². The van der Waals surface area contributed by atoms with Crippen LogP contribution in [0.25, 0.3) is 0 Å². The van der Waals surface area contributed by atoms with Crippen LogP contribution >= 0.6 is 23.4 Å². The Morgan fingerprint density at radius 3 is 3.00 bits per heavy atom. The Kier molecular flexibility index (Phi) is 4.29. The van der Waals surface area contributed by atoms with Crippen molar-refractivity contribution in [3.05, 3.63) is 34.6 Å². The SMILES string of the molecule is OCc1ccc(Cl)cc1Sc1nnc2n1CCCCC2. The summed E-state index contributed by atoms with van der Waals surface area (Å²) >= 11 is 7.57. The molecule has 0 unspecified atom stereocenters. The highest BCUT2D eigenvalue weighted by Crippen LogP contribution is 2.32. The summed E-state index contributed by atoms with van der Waals surface area (Å²) < 4.78 is 2.19. The fourth-order valence-electron chi connectivity index (χ4n) is 2.39. The summed E-state index contributed by atoms with van der Waals surface area (Å²) in [6.07, 6.45) is 4.59. The van der Waals surface area contributed by atoms with E-state index in [1.807, 2.05) is 12.1 Å². The summed E-state index contributed by atoms with van der Waals surface area (Å²) in [6.45, 7) is 0.972. The Morgan fingerprint density at radius 1 is 1.25 bits per heavy atom. The smallest absolute Gasteiger partial charge is 0.196 e. The van der Waals surface area contributed by atoms with Gasteiger partial charge in [-0.25, -0.2) is 0 Å². The molecule has 0 fully saturated rings. The van der Waals surface area contributed by atoms with Crippen molar-refractivity contribution in [1.29, 1.82) is 0 Å². The average Bonchev–Trinajstić information content (AvgIpc) is 2.68. The molecule has 3 rings (SSSR count). The molecule has 6 heteroatoms. The monoisotopic (exact) mass is 309 g/mol. The predicted octanol–water partition coefficient (Wildman–Crippen LogP) is 3.30. The Labute approximate surface area is 127 Å². The molecular formula is C14H16ClN3OS. The van der Waals surface area contributed by atoms with Crippen LogP contribution in [0.3, 0.4) is 0 Å². The van der Waals surface area contributed by atoms with Gasteiger partial charge in [0.15, 0.2) is 5.16 Å². The zero-order valence-corrected chi connectivity index (χ0v) is 12.6. The van der Waals surface area contributed by atoms with Gasteiger partial charge in [0.25, 0.3) is 0 Å². The zero-order chi connectivity index (χ0) is 13.9. The van der Waals surface area contributed by atoms with Crippen LogP contribution in [-0.2, 0) is 19.6 Å². The van der Waals surface area contributed by atoms with Crippen molar-refractivity contribution in [1.82, 2.24) is 14.8 Å². The number of fused-ring (bicyclic) bond motifs is 1. The lowest BCUT2D eigenvalue weighted by Crippen LogP contribution is -2.02. The lowest BCUT2D eigenvalue weighted by molar-refractivity contribution is 0.279. The van der Waals surface area contributed by atoms with Gasteiger partial charge in [-0.05, 0) is 42.3 Å². The summed E-state index contributed by atoms with van der Waals surface area (Å²) in [7, 11) is 0. The van der Waals surface area contributed by atoms with E-state index in [4.69, 9.17) is 11.6 Å². The number of aliphatic hydroxyl groups excluding tert-OH is 1. The van der Waals surface area contributed by atoms with Crippen molar-refractivity contribution in [2.24, 2.45) is 0 Å². The van der Waals surface area contributed by atoms with Crippen LogP contribution in [0.1, 0.15) is 30.7 Å². The topological polar surface area (TPSA) is 50.9 Å². The van der Waals surface area contributed by atoms with E-state index in [0.29, 0.717) is 5.02 Å². The van der Waals surface area contributed by atoms with E-state index >= 15 is 0 Å². The lowest BCUT2D eigenvalue weighted by Gasteiger charge is -2.09. The number of halogens is 1. The summed E-state index contributed by atoms with van der Waals surface area (Å²) in [6, 6.07) is 5.52. The Balaban J connectivity index is 1.92. The van der Waals surface area contributed by atoms with Gasteiger partial charge in [-0.3, -0.25) is 0 Å². The van der Waals surface area contributed by atoms with E-state index in [1.54, 1.807) is 6.07 Å². The number of nitrogens with zero attached hydrogens (tertiary/aromatic N) is 3. The second kappa shape index (κ2) is 6.16. The van der Waals surface area contributed by atoms with Crippen LogP contribution in [0, 0.1) is 0 Å². The Hall–Kier alpha value is -1.04. The first-order chi connectivity index (χ1) is 9.78. The largest absolute Gasteiger partial charge is 0.392 e. The molecule has 0 atom stereocenters. The van der Waals surface area contributed by atoms with Crippen LogP contribution in [-0.4, -0.2) is 19.9 Å². The molecule has 0 saturated heterocycles. The van der Waals surface area contributed by atoms with Crippen LogP contribution in [0.4, 0.5) is 0 Å². The predicted molar refractivity (Wildman–Crippen MR) is 79.1 cm³/mol. The van der Waals surface area contributed by atoms with Crippen molar-refractivity contribution in [3.63, 3.8) is 0 Å². The number of benzene rings is 1. The maximum atomic E-state index is 9.42. The molecule has 20 heavy (non-hydrogen) atoms. The van der Waals surface area contributed by atoms with Crippen molar-refractivity contribution >= 4 is 23.4 Å². The van der Waals surface area contributed by atoms with E-state index < -0.39 is 0 Å². The highest BCUT2D eigenvalue weighted by Gasteiger charge is 2.16. The van der Waals surface area contributed by atoms with E-state index in [0.717, 1.165) is 34.4 Å². The lowest BCUT2D eigenvalue weighted by atomic mass is 10.2. The molecule has 0 radical (unpaired) electrons. The second-order valence-electron chi connectivity index (χ2n) is 4.87. The van der Waals surface area contributed by atoms with Crippen molar-refractivity contribution < 1.29 is 5.11 Å². The van der Waals surface area contributed by atoms with Crippen molar-refractivity contribution in [3.8, 4) is 0 Å². The number of rotatable bonds is 3. The summed E-state index contributed by atoms with van der Waals surface area (Å²) in [4.78, 5) is 0.944. The molecule has 106 valence electrons. The van der Waals surface area contributed by atoms with Gasteiger partial charge in [0.05, 0.1) is 6.61 Å². The van der Waals surface area contributed by atoms with Crippen molar-refractivity contribution in [2.75, 3.05) is 0 Å². The van der Waals surface area contributed by atoms with Crippen LogP contribution in [0.2, 0.25) is 5.02 Å². The molecule has 1 aliphatic heterocycles. The van der Waals surface area contributed by atoms with Gasteiger partial charge < -0.3 is 9.67 Å². The fraction of sp³-hybridized carbons (Fsp3) is 0.429. The van der Waals surface area contributed by atoms with Gasteiger partial charge >= 0.3 is 0 Å². The molecule has 1 aromatic carbocycles. The van der Waals surface area contributed by atoms with E-state index in [2.05, 4.69) is 14.8 Å². The van der Waals surface area contributed by atoms with E-state index in [-0.39, 0.29) is 6.61 Å². The molecule has 1 N–H and O–H groups in total. The minimum Gasteiger partial charge on any atom is -0.392 e. The molecule has 0 spiro atoms. The summed E-state index contributed by atoms with van der Waals surface area (Å²) in [5.41, 5.74) is 0.866. The molecule has 0 bridgehead atoms. The number of hydrogen-bond donors (Lipinski definition) is 1. The first kappa shape index (κ1) is 13.9. The van der Waals surface area contributed by atoms with Gasteiger partial charge in [-0.2, -0.15) is 0 Å². The van der Waals surface area contributed by atoms with Gasteiger partial charge in [0.1, 0.15) is 5.82 Å². The molecule has 0 saturated carbocycles. The molecule has 4 nitrogen and oxygen atoms in total. The second-order valence-corrected chi connectivity index (χ2v) is 6.32. The van der Waals surface area contributed by atoms with Crippen LogP contribution in [0.15, 0.2) is 28.3 Å². The Bertz CT molecular complexity index is 614. The van der Waals surface area contributed by atoms with Crippen molar-refractivity contribution in [2.45, 2.75) is 48.9 Å². The summed E-state index contributed by atoms with van der Waals surface area (Å²) in [5.74, 6) is 1.07. The number of hydrogen-bond acceptors (Lipinski definition) is 4. The Morgan fingerprint density at radius 2 is 2.15 bits per heavy atom. The molecule has 2 aromatic rings. The molecule has 0 aliphatic carbocycles. The standard InChI is InChI=1S/C14H16ClN3OS/c15-11-6-5-10(9-19)12(8-11)20-14-17-16-13-4-2-1-3-7-18(13)14/h5-6,8,19H,1-4,7,9H2. The molecule has 2 heterocycles. The molecule has 1 aromatic heterocycles. The number of aromatic nitrogens is 3. The van der Waals surface area contributed by atoms with E-state index in [9.17, 15) is 5.11 Å². The molecule has 0 amide bonds. The maximum absolute atomic E-state index is 9.42. The zero-order valence-electron chi connectivity index (χ0n) is 11.0. The number of aliphatic hydroxyl groups is 1. The average molecular weight is 310 g/mol. The van der Waals surface area contributed by atoms with Gasteiger partial charge in [0.2, 0.25) is 0 Å². The van der Waals surface area contributed by atoms with Gasteiger partial charge in [-0.1, -0.05) is 24.1 Å². The normalized spacial score (nSPS) is 14.9. The first-order valence-electron chi connectivity index (χ1n) is 6.77. The third-order valence-electron chi connectivity index (χ3n) is 3.48. The summed E-state index contributed by atoms with van der Waals surface area (Å²) in [5, 5.41) is 19.6. The highest BCUT2D eigenvalue weighted by molar-refractivity contribution is 7.99. The molecular weight excluding hydrogens is 294 g/mol. The fourth-order valence-corrected chi connectivity index (χ4v) is 3.66. The minimum atomic E-state index is 0.000493.